The number of phenols is 1. The lowest BCUT2D eigenvalue weighted by atomic mass is 10.0. The van der Waals surface area contributed by atoms with Crippen LogP contribution in [-0.4, -0.2) is 42.5 Å². The minimum Gasteiger partial charge on any atom is -0.504 e. The summed E-state index contributed by atoms with van der Waals surface area (Å²) in [4.78, 5) is 15.6. The fraction of sp³-hybridized carbons (Fsp3) is 0.200. The first-order valence-electron chi connectivity index (χ1n) is 8.47. The van der Waals surface area contributed by atoms with Crippen molar-refractivity contribution < 1.29 is 24.1 Å². The zero-order valence-corrected chi connectivity index (χ0v) is 14.6. The van der Waals surface area contributed by atoms with Gasteiger partial charge in [-0.1, -0.05) is 6.07 Å². The fourth-order valence-corrected chi connectivity index (χ4v) is 3.00. The van der Waals surface area contributed by atoms with Crippen LogP contribution in [0.25, 0.3) is 22.0 Å². The van der Waals surface area contributed by atoms with Gasteiger partial charge in [-0.25, -0.2) is 4.79 Å². The number of nitrogens with zero attached hydrogens (tertiary/aromatic N) is 1. The van der Waals surface area contributed by atoms with E-state index in [0.29, 0.717) is 18.0 Å². The van der Waals surface area contributed by atoms with Gasteiger partial charge in [-0.2, -0.15) is 0 Å². The molecule has 1 aliphatic rings. The number of benzene rings is 2. The van der Waals surface area contributed by atoms with Crippen LogP contribution in [0.5, 0.6) is 17.2 Å². The number of rotatable bonds is 5. The van der Waals surface area contributed by atoms with Crippen molar-refractivity contribution in [2.24, 2.45) is 0 Å². The molecule has 0 spiro atoms. The topological polar surface area (TPSA) is 89.9 Å². The Balaban J connectivity index is 1.70. The van der Waals surface area contributed by atoms with Crippen LogP contribution in [-0.2, 0) is 4.74 Å². The van der Waals surface area contributed by atoms with Gasteiger partial charge < -0.3 is 24.6 Å². The Kier molecular flexibility index (Phi) is 4.42. The summed E-state index contributed by atoms with van der Waals surface area (Å²) in [6.07, 6.45) is 0.956. The molecule has 0 unspecified atom stereocenters. The molecule has 7 heteroatoms. The fourth-order valence-electron chi connectivity index (χ4n) is 3.00. The van der Waals surface area contributed by atoms with Crippen LogP contribution in [0.15, 0.2) is 48.7 Å². The molecule has 0 aliphatic carbocycles. The number of carbonyl (C=O) groups is 1. The van der Waals surface area contributed by atoms with Gasteiger partial charge in [0.25, 0.3) is 0 Å². The first-order valence-corrected chi connectivity index (χ1v) is 8.47. The number of fused-ring (bicyclic) bond motifs is 1. The highest BCUT2D eigenvalue weighted by molar-refractivity contribution is 5.90. The van der Waals surface area contributed by atoms with Gasteiger partial charge in [-0.15, -0.1) is 0 Å². The summed E-state index contributed by atoms with van der Waals surface area (Å²) >= 11 is 0. The second kappa shape index (κ2) is 7.03. The van der Waals surface area contributed by atoms with Crippen LogP contribution in [0.1, 0.15) is 0 Å². The molecule has 1 amide bonds. The van der Waals surface area contributed by atoms with Crippen molar-refractivity contribution >= 4 is 17.0 Å². The molecule has 4 rings (SSSR count). The maximum atomic E-state index is 11.2. The second-order valence-electron chi connectivity index (χ2n) is 6.15. The van der Waals surface area contributed by atoms with Gasteiger partial charge in [0.05, 0.1) is 19.2 Å². The number of methoxy groups -OCH3 is 1. The molecule has 1 aromatic heterocycles. The van der Waals surface area contributed by atoms with E-state index in [1.54, 1.807) is 24.4 Å². The molecular weight excluding hydrogens is 348 g/mol. The minimum atomic E-state index is -0.430. The van der Waals surface area contributed by atoms with Crippen molar-refractivity contribution in [2.45, 2.75) is 6.10 Å². The maximum absolute atomic E-state index is 11.2. The van der Waals surface area contributed by atoms with E-state index in [1.165, 1.54) is 7.11 Å². The highest BCUT2D eigenvalue weighted by Gasteiger charge is 2.23. The normalized spacial score (nSPS) is 16.0. The van der Waals surface area contributed by atoms with E-state index in [2.05, 4.69) is 10.3 Å². The lowest BCUT2D eigenvalue weighted by Crippen LogP contribution is -2.22. The number of pyridine rings is 1. The summed E-state index contributed by atoms with van der Waals surface area (Å²) in [5, 5.41) is 13.3. The average molecular weight is 366 g/mol. The number of cyclic esters (lactones) is 1. The van der Waals surface area contributed by atoms with Gasteiger partial charge in [0.15, 0.2) is 17.6 Å². The zero-order chi connectivity index (χ0) is 18.8. The Hall–Kier alpha value is -3.48. The van der Waals surface area contributed by atoms with Crippen LogP contribution < -0.4 is 14.8 Å². The van der Waals surface area contributed by atoms with Gasteiger partial charge in [0.2, 0.25) is 0 Å². The van der Waals surface area contributed by atoms with E-state index in [0.717, 1.165) is 22.0 Å². The summed E-state index contributed by atoms with van der Waals surface area (Å²) in [6, 6.07) is 12.8. The highest BCUT2D eigenvalue weighted by atomic mass is 16.6. The minimum absolute atomic E-state index is 0.0761. The lowest BCUT2D eigenvalue weighted by molar-refractivity contribution is 0.105. The number of amides is 1. The maximum Gasteiger partial charge on any atom is 0.407 e. The van der Waals surface area contributed by atoms with E-state index in [9.17, 15) is 9.90 Å². The molecule has 2 N–H and O–H groups in total. The number of ether oxygens (including phenoxy) is 3. The number of nitrogens with one attached hydrogen (secondary N) is 1. The predicted molar refractivity (Wildman–Crippen MR) is 99.2 cm³/mol. The number of hydrogen-bond donors (Lipinski definition) is 2. The Morgan fingerprint density at radius 3 is 2.85 bits per heavy atom. The SMILES string of the molecule is COc1cc(-c2cc(OC[C@H]3CNC(=O)O3)c3cccnc3c2)ccc1O. The number of aromatic nitrogens is 1. The van der Waals surface area contributed by atoms with E-state index in [4.69, 9.17) is 14.2 Å². The molecule has 0 radical (unpaired) electrons. The third-order valence-corrected chi connectivity index (χ3v) is 4.37. The molecule has 3 aromatic rings. The number of alkyl carbamates (subject to hydrolysis) is 1. The summed E-state index contributed by atoms with van der Waals surface area (Å²) in [7, 11) is 1.51. The molecule has 2 aromatic carbocycles. The van der Waals surface area contributed by atoms with Crippen molar-refractivity contribution in [1.29, 1.82) is 0 Å². The third-order valence-electron chi connectivity index (χ3n) is 4.37. The van der Waals surface area contributed by atoms with Gasteiger partial charge in [-0.05, 0) is 47.5 Å². The Labute approximate surface area is 155 Å². The standard InChI is InChI=1S/C20H18N2O5/c1-25-19-8-12(4-5-17(19)23)13-7-16-15(3-2-6-21-16)18(9-13)26-11-14-10-22-20(24)27-14/h2-9,14,23H,10-11H2,1H3,(H,22,24)/t14-/m1/s1. The van der Waals surface area contributed by atoms with Crippen LogP contribution in [0, 0.1) is 0 Å². The summed E-state index contributed by atoms with van der Waals surface area (Å²) in [6.45, 7) is 0.662. The van der Waals surface area contributed by atoms with Crippen molar-refractivity contribution in [3.63, 3.8) is 0 Å². The predicted octanol–water partition coefficient (Wildman–Crippen LogP) is 3.10. The average Bonchev–Trinajstić information content (AvgIpc) is 3.11. The summed E-state index contributed by atoms with van der Waals surface area (Å²) in [5.41, 5.74) is 2.51. The quantitative estimate of drug-likeness (QED) is 0.721. The Morgan fingerprint density at radius 2 is 2.07 bits per heavy atom. The largest absolute Gasteiger partial charge is 0.504 e. The Morgan fingerprint density at radius 1 is 1.22 bits per heavy atom. The number of aromatic hydroxyl groups is 1. The molecular formula is C20H18N2O5. The summed E-state index contributed by atoms with van der Waals surface area (Å²) < 4.78 is 16.3. The van der Waals surface area contributed by atoms with E-state index >= 15 is 0 Å². The van der Waals surface area contributed by atoms with E-state index < -0.39 is 6.09 Å². The summed E-state index contributed by atoms with van der Waals surface area (Å²) in [5.74, 6) is 1.11. The van der Waals surface area contributed by atoms with Crippen LogP contribution in [0.4, 0.5) is 4.79 Å². The Bertz CT molecular complexity index is 1000. The van der Waals surface area contributed by atoms with Crippen LogP contribution in [0.3, 0.4) is 0 Å². The molecule has 1 aliphatic heterocycles. The van der Waals surface area contributed by atoms with E-state index in [-0.39, 0.29) is 18.5 Å². The first-order chi connectivity index (χ1) is 13.1. The number of phenolic OH excluding ortho intramolecular Hbond substituents is 1. The van der Waals surface area contributed by atoms with Crippen molar-refractivity contribution in [3.05, 3.63) is 48.7 Å². The molecule has 0 saturated carbocycles. The van der Waals surface area contributed by atoms with E-state index in [1.807, 2.05) is 24.3 Å². The molecule has 1 saturated heterocycles. The highest BCUT2D eigenvalue weighted by Crippen LogP contribution is 2.35. The molecule has 27 heavy (non-hydrogen) atoms. The van der Waals surface area contributed by atoms with Gasteiger partial charge >= 0.3 is 6.09 Å². The molecule has 0 bridgehead atoms. The van der Waals surface area contributed by atoms with Gasteiger partial charge in [0, 0.05) is 11.6 Å². The lowest BCUT2D eigenvalue weighted by Gasteiger charge is -2.14. The molecule has 2 heterocycles. The smallest absolute Gasteiger partial charge is 0.407 e. The first kappa shape index (κ1) is 17.0. The van der Waals surface area contributed by atoms with Crippen molar-refractivity contribution in [1.82, 2.24) is 10.3 Å². The zero-order valence-electron chi connectivity index (χ0n) is 14.6. The molecule has 1 atom stereocenters. The number of hydrogen-bond acceptors (Lipinski definition) is 6. The van der Waals surface area contributed by atoms with Gasteiger partial charge in [0.1, 0.15) is 12.4 Å². The molecule has 7 nitrogen and oxygen atoms in total. The van der Waals surface area contributed by atoms with Crippen LogP contribution in [0.2, 0.25) is 0 Å². The van der Waals surface area contributed by atoms with Crippen LogP contribution >= 0.6 is 0 Å². The molecule has 1 fully saturated rings. The molecule has 138 valence electrons. The monoisotopic (exact) mass is 366 g/mol. The third kappa shape index (κ3) is 3.44. The van der Waals surface area contributed by atoms with Gasteiger partial charge in [-0.3, -0.25) is 4.98 Å². The second-order valence-corrected chi connectivity index (χ2v) is 6.15. The number of carbonyl (C=O) groups excluding carboxylic acids is 1. The van der Waals surface area contributed by atoms with Crippen molar-refractivity contribution in [2.75, 3.05) is 20.3 Å². The van der Waals surface area contributed by atoms with Crippen molar-refractivity contribution in [3.8, 4) is 28.4 Å².